The smallest absolute Gasteiger partial charge is 0.00258 e. The van der Waals surface area contributed by atoms with Gasteiger partial charge in [-0.25, -0.2) is 0 Å². The molecule has 5 rings (SSSR count). The summed E-state index contributed by atoms with van der Waals surface area (Å²) in [4.78, 5) is 0. The van der Waals surface area contributed by atoms with Crippen LogP contribution in [0.15, 0.2) is 121 Å². The number of aryl methyl sites for hydroxylation is 4. The van der Waals surface area contributed by atoms with Crippen LogP contribution in [0, 0.1) is 0 Å². The zero-order chi connectivity index (χ0) is 28.9. The molecule has 0 bridgehead atoms. The Labute approximate surface area is 249 Å². The average Bonchev–Trinajstić information content (AvgIpc) is 3.04. The van der Waals surface area contributed by atoms with Gasteiger partial charge >= 0.3 is 0 Å². The zero-order valence-corrected chi connectivity index (χ0v) is 25.5. The maximum Gasteiger partial charge on any atom is -0.00258 e. The molecule has 5 aromatic carbocycles. The number of hydrogen-bond acceptors (Lipinski definition) is 0. The minimum Gasteiger partial charge on any atom is -0.0613 e. The monoisotopic (exact) mass is 538 g/mol. The van der Waals surface area contributed by atoms with E-state index in [0.29, 0.717) is 0 Å². The lowest BCUT2D eigenvalue weighted by Gasteiger charge is -2.07. The molecule has 0 aromatic heterocycles. The quantitative estimate of drug-likeness (QED) is 0.166. The Morgan fingerprint density at radius 2 is 0.341 bits per heavy atom. The molecular weight excluding hydrogens is 492 g/mol. The Morgan fingerprint density at radius 1 is 0.220 bits per heavy atom. The summed E-state index contributed by atoms with van der Waals surface area (Å²) >= 11 is 0. The fraction of sp³-hybridized carbons (Fsp3) is 0.268. The Hall–Kier alpha value is -3.90. The van der Waals surface area contributed by atoms with Gasteiger partial charge in [0.05, 0.1) is 0 Å². The summed E-state index contributed by atoms with van der Waals surface area (Å²) in [6.45, 7) is 8.78. The zero-order valence-electron chi connectivity index (χ0n) is 25.5. The summed E-state index contributed by atoms with van der Waals surface area (Å²) in [5.74, 6) is 0. The Bertz CT molecular complexity index is 1310. The summed E-state index contributed by atoms with van der Waals surface area (Å²) in [5, 5.41) is 0. The maximum absolute atomic E-state index is 2.27. The van der Waals surface area contributed by atoms with Crippen molar-refractivity contribution in [1.29, 1.82) is 0 Å². The van der Waals surface area contributed by atoms with E-state index in [0.717, 1.165) is 44.9 Å². The molecule has 0 aliphatic carbocycles. The largest absolute Gasteiger partial charge is 0.0613 e. The van der Waals surface area contributed by atoms with Crippen molar-refractivity contribution < 1.29 is 0 Å². The Kier molecular flexibility index (Phi) is 11.6. The van der Waals surface area contributed by atoms with Gasteiger partial charge < -0.3 is 0 Å². The molecule has 0 unspecified atom stereocenters. The second-order valence-electron chi connectivity index (χ2n) is 11.0. The fourth-order valence-corrected chi connectivity index (χ4v) is 5.05. The van der Waals surface area contributed by atoms with Gasteiger partial charge in [0, 0.05) is 0 Å². The van der Waals surface area contributed by atoms with Gasteiger partial charge in [-0.3, -0.25) is 0 Å². The third kappa shape index (κ3) is 9.61. The lowest BCUT2D eigenvalue weighted by molar-refractivity contribution is 1.11. The van der Waals surface area contributed by atoms with E-state index in [1.807, 2.05) is 0 Å². The molecule has 0 fully saturated rings. The SMILES string of the molecule is CCc1ccc(Cc2ccc(CC)cc2)cc1.CCc1ccc(Cc2ccc(Cc3ccc(CC)cc3)cc2)cc1. The summed E-state index contributed by atoms with van der Waals surface area (Å²) in [6.07, 6.45) is 7.50. The van der Waals surface area contributed by atoms with Gasteiger partial charge in [-0.1, -0.05) is 149 Å². The normalized spacial score (nSPS) is 10.6. The molecule has 0 N–H and O–H groups in total. The highest BCUT2D eigenvalue weighted by atomic mass is 14.1. The van der Waals surface area contributed by atoms with Crippen LogP contribution < -0.4 is 0 Å². The van der Waals surface area contributed by atoms with Crippen LogP contribution in [0.3, 0.4) is 0 Å². The summed E-state index contributed by atoms with van der Waals surface area (Å²) in [7, 11) is 0. The first-order chi connectivity index (χ1) is 20.1. The predicted molar refractivity (Wildman–Crippen MR) is 178 cm³/mol. The molecule has 210 valence electrons. The summed E-state index contributed by atoms with van der Waals surface area (Å²) in [6, 6.07) is 44.9. The number of rotatable bonds is 10. The third-order valence-electron chi connectivity index (χ3n) is 7.97. The molecule has 0 amide bonds. The molecule has 0 saturated heterocycles. The Balaban J connectivity index is 0.000000201. The highest BCUT2D eigenvalue weighted by Crippen LogP contribution is 2.16. The van der Waals surface area contributed by atoms with E-state index in [9.17, 15) is 0 Å². The highest BCUT2D eigenvalue weighted by molar-refractivity contribution is 5.34. The van der Waals surface area contributed by atoms with Crippen molar-refractivity contribution in [1.82, 2.24) is 0 Å². The van der Waals surface area contributed by atoms with Crippen LogP contribution in [-0.2, 0) is 44.9 Å². The minimum absolute atomic E-state index is 1.01. The van der Waals surface area contributed by atoms with Crippen molar-refractivity contribution in [2.75, 3.05) is 0 Å². The molecule has 0 nitrogen and oxygen atoms in total. The molecular formula is C41H46. The van der Waals surface area contributed by atoms with Crippen LogP contribution in [0.1, 0.15) is 83.3 Å². The van der Waals surface area contributed by atoms with Crippen LogP contribution in [0.4, 0.5) is 0 Å². The lowest BCUT2D eigenvalue weighted by atomic mass is 9.99. The first-order valence-corrected chi connectivity index (χ1v) is 15.5. The van der Waals surface area contributed by atoms with Crippen LogP contribution in [0.2, 0.25) is 0 Å². The van der Waals surface area contributed by atoms with Crippen molar-refractivity contribution in [3.63, 3.8) is 0 Å². The van der Waals surface area contributed by atoms with Crippen LogP contribution >= 0.6 is 0 Å². The maximum atomic E-state index is 2.27. The molecule has 0 spiro atoms. The molecule has 41 heavy (non-hydrogen) atoms. The van der Waals surface area contributed by atoms with Gasteiger partial charge in [-0.2, -0.15) is 0 Å². The third-order valence-corrected chi connectivity index (χ3v) is 7.97. The molecule has 0 heterocycles. The van der Waals surface area contributed by atoms with E-state index in [-0.39, 0.29) is 0 Å². The van der Waals surface area contributed by atoms with Crippen molar-refractivity contribution in [2.45, 2.75) is 72.6 Å². The molecule has 0 atom stereocenters. The summed E-state index contributed by atoms with van der Waals surface area (Å²) < 4.78 is 0. The van der Waals surface area contributed by atoms with E-state index < -0.39 is 0 Å². The van der Waals surface area contributed by atoms with E-state index in [1.54, 1.807) is 0 Å². The topological polar surface area (TPSA) is 0 Å². The fourth-order valence-electron chi connectivity index (χ4n) is 5.05. The molecule has 0 aliphatic rings. The van der Waals surface area contributed by atoms with E-state index in [2.05, 4.69) is 149 Å². The molecule has 0 heteroatoms. The highest BCUT2D eigenvalue weighted by Gasteiger charge is 2.01. The van der Waals surface area contributed by atoms with Gasteiger partial charge in [0.25, 0.3) is 0 Å². The van der Waals surface area contributed by atoms with Gasteiger partial charge in [0.15, 0.2) is 0 Å². The summed E-state index contributed by atoms with van der Waals surface area (Å²) in [5.41, 5.74) is 14.0. The van der Waals surface area contributed by atoms with Crippen molar-refractivity contribution >= 4 is 0 Å². The van der Waals surface area contributed by atoms with Gasteiger partial charge in [0.2, 0.25) is 0 Å². The van der Waals surface area contributed by atoms with E-state index in [1.165, 1.54) is 55.6 Å². The first kappa shape index (κ1) is 30.1. The second-order valence-corrected chi connectivity index (χ2v) is 11.0. The predicted octanol–water partition coefficient (Wildman–Crippen LogP) is 10.4. The molecule has 5 aromatic rings. The van der Waals surface area contributed by atoms with Crippen molar-refractivity contribution in [3.8, 4) is 0 Å². The molecule has 0 aliphatic heterocycles. The van der Waals surface area contributed by atoms with Crippen molar-refractivity contribution in [2.24, 2.45) is 0 Å². The molecule has 0 radical (unpaired) electrons. The minimum atomic E-state index is 1.01. The average molecular weight is 539 g/mol. The lowest BCUT2D eigenvalue weighted by Crippen LogP contribution is -1.92. The van der Waals surface area contributed by atoms with Crippen molar-refractivity contribution in [3.05, 3.63) is 177 Å². The van der Waals surface area contributed by atoms with Gasteiger partial charge in [-0.05, 0) is 101 Å². The molecule has 0 saturated carbocycles. The van der Waals surface area contributed by atoms with E-state index >= 15 is 0 Å². The van der Waals surface area contributed by atoms with E-state index in [4.69, 9.17) is 0 Å². The number of hydrogen-bond donors (Lipinski definition) is 0. The second kappa shape index (κ2) is 15.8. The van der Waals surface area contributed by atoms with Gasteiger partial charge in [-0.15, -0.1) is 0 Å². The van der Waals surface area contributed by atoms with Gasteiger partial charge in [0.1, 0.15) is 0 Å². The number of benzene rings is 5. The Morgan fingerprint density at radius 3 is 0.463 bits per heavy atom. The first-order valence-electron chi connectivity index (χ1n) is 15.5. The standard InChI is InChI=1S/C24H26.C17H20/c1-3-19-5-9-21(10-6-19)17-23-13-15-24(16-14-23)18-22-11-7-20(4-2)8-12-22;1-3-14-5-9-16(10-6-14)13-17-11-7-15(4-2)8-12-17/h5-16H,3-4,17-18H2,1-2H3;5-12H,3-4,13H2,1-2H3. The van der Waals surface area contributed by atoms with Crippen LogP contribution in [-0.4, -0.2) is 0 Å². The van der Waals surface area contributed by atoms with Crippen LogP contribution in [0.25, 0.3) is 0 Å². The van der Waals surface area contributed by atoms with Crippen LogP contribution in [0.5, 0.6) is 0 Å².